The third-order valence-corrected chi connectivity index (χ3v) is 4.09. The number of benzene rings is 2. The first-order valence-corrected chi connectivity index (χ1v) is 9.71. The molecule has 7 heteroatoms. The highest BCUT2D eigenvalue weighted by atomic mass is 16.5. The Balaban J connectivity index is 1.59. The number of rotatable bonds is 11. The molecule has 2 rings (SSSR count). The molecular weight excluding hydrogens is 370 g/mol. The van der Waals surface area contributed by atoms with Crippen LogP contribution in [0.3, 0.4) is 0 Å². The van der Waals surface area contributed by atoms with Crippen LogP contribution in [0.5, 0.6) is 11.5 Å². The van der Waals surface area contributed by atoms with Crippen molar-refractivity contribution in [2.75, 3.05) is 13.2 Å². The summed E-state index contributed by atoms with van der Waals surface area (Å²) in [6.45, 7) is 2.86. The molecule has 2 aromatic rings. The molecule has 0 bridgehead atoms. The topological polar surface area (TPSA) is 100 Å². The average Bonchev–Trinajstić information content (AvgIpc) is 2.73. The van der Waals surface area contributed by atoms with E-state index in [2.05, 4.69) is 15.8 Å². The fourth-order valence-electron chi connectivity index (χ4n) is 2.60. The first kappa shape index (κ1) is 21.9. The number of nitrogens with one attached hydrogen (secondary N) is 2. The van der Waals surface area contributed by atoms with Crippen LogP contribution in [0, 0.1) is 0 Å². The summed E-state index contributed by atoms with van der Waals surface area (Å²) in [6.07, 6.45) is 4.23. The highest BCUT2D eigenvalue weighted by Crippen LogP contribution is 2.26. The minimum Gasteiger partial charge on any atom is -0.504 e. The Kier molecular flexibility index (Phi) is 9.21. The third kappa shape index (κ3) is 8.04. The maximum Gasteiger partial charge on any atom is 0.251 e. The van der Waals surface area contributed by atoms with Gasteiger partial charge in [-0.1, -0.05) is 24.6 Å². The Bertz CT molecular complexity index is 822. The van der Waals surface area contributed by atoms with Crippen molar-refractivity contribution in [1.29, 1.82) is 0 Å². The highest BCUT2D eigenvalue weighted by Gasteiger charge is 2.04. The van der Waals surface area contributed by atoms with Crippen molar-refractivity contribution in [1.82, 2.24) is 10.7 Å². The fourth-order valence-corrected chi connectivity index (χ4v) is 2.60. The minimum absolute atomic E-state index is 0.0630. The number of amides is 2. The van der Waals surface area contributed by atoms with Gasteiger partial charge in [0.2, 0.25) is 5.91 Å². The van der Waals surface area contributed by atoms with Gasteiger partial charge in [-0.15, -0.1) is 0 Å². The van der Waals surface area contributed by atoms with Crippen molar-refractivity contribution in [3.8, 4) is 11.5 Å². The number of hydrogen-bond donors (Lipinski definition) is 3. The number of phenolic OH excluding ortho intramolecular Hbond substituents is 1. The summed E-state index contributed by atoms with van der Waals surface area (Å²) in [7, 11) is 0. The first-order valence-electron chi connectivity index (χ1n) is 9.71. The normalized spacial score (nSPS) is 10.7. The van der Waals surface area contributed by atoms with Crippen molar-refractivity contribution in [3.05, 3.63) is 59.7 Å². The maximum absolute atomic E-state index is 11.9. The summed E-state index contributed by atoms with van der Waals surface area (Å²) in [5.41, 5.74) is 3.84. The van der Waals surface area contributed by atoms with Crippen LogP contribution in [-0.4, -0.2) is 36.3 Å². The smallest absolute Gasteiger partial charge is 0.251 e. The number of carbonyl (C=O) groups is 2. The lowest BCUT2D eigenvalue weighted by atomic mass is 10.2. The average molecular weight is 397 g/mol. The van der Waals surface area contributed by atoms with Gasteiger partial charge in [-0.05, 0) is 55.7 Å². The van der Waals surface area contributed by atoms with Crippen molar-refractivity contribution in [2.45, 2.75) is 32.6 Å². The van der Waals surface area contributed by atoms with E-state index < -0.39 is 0 Å². The van der Waals surface area contributed by atoms with Gasteiger partial charge >= 0.3 is 0 Å². The van der Waals surface area contributed by atoms with Crippen LogP contribution >= 0.6 is 0 Å². The predicted octanol–water partition coefficient (Wildman–Crippen LogP) is 3.23. The zero-order chi connectivity index (χ0) is 20.9. The lowest BCUT2D eigenvalue weighted by molar-refractivity contribution is -0.121. The van der Waals surface area contributed by atoms with Crippen LogP contribution in [0.15, 0.2) is 53.6 Å². The molecule has 0 atom stereocenters. The standard InChI is InChI=1S/C22H27N3O4/c1-2-29-20-15-17(12-13-19(20)26)16-24-25-21(27)11-7-4-8-14-23-22(28)18-9-5-3-6-10-18/h3,5-6,9-10,12-13,15-16,26H,2,4,7-8,11,14H2,1H3,(H,23,28)(H,25,27). The van der Waals surface area contributed by atoms with Gasteiger partial charge in [-0.25, -0.2) is 5.43 Å². The Morgan fingerprint density at radius 3 is 2.66 bits per heavy atom. The van der Waals surface area contributed by atoms with E-state index in [1.165, 1.54) is 12.3 Å². The number of carbonyl (C=O) groups excluding carboxylic acids is 2. The lowest BCUT2D eigenvalue weighted by Gasteiger charge is -2.06. The third-order valence-electron chi connectivity index (χ3n) is 4.09. The number of nitrogens with zero attached hydrogens (tertiary/aromatic N) is 1. The summed E-state index contributed by atoms with van der Waals surface area (Å²) >= 11 is 0. The molecule has 0 aromatic heterocycles. The summed E-state index contributed by atoms with van der Waals surface area (Å²) in [5, 5.41) is 16.5. The van der Waals surface area contributed by atoms with Crippen molar-refractivity contribution < 1.29 is 19.4 Å². The van der Waals surface area contributed by atoms with Gasteiger partial charge in [0.15, 0.2) is 11.5 Å². The molecule has 0 aliphatic carbocycles. The Labute approximate surface area is 170 Å². The van der Waals surface area contributed by atoms with E-state index in [1.807, 2.05) is 25.1 Å². The molecule has 2 aromatic carbocycles. The Morgan fingerprint density at radius 2 is 1.90 bits per heavy atom. The molecule has 7 nitrogen and oxygen atoms in total. The second-order valence-corrected chi connectivity index (χ2v) is 6.39. The quantitative estimate of drug-likeness (QED) is 0.308. The molecule has 29 heavy (non-hydrogen) atoms. The van der Waals surface area contributed by atoms with Crippen LogP contribution in [0.1, 0.15) is 48.5 Å². The molecule has 0 fully saturated rings. The molecule has 3 N–H and O–H groups in total. The minimum atomic E-state index is -0.168. The second-order valence-electron chi connectivity index (χ2n) is 6.39. The van der Waals surface area contributed by atoms with E-state index in [0.717, 1.165) is 19.3 Å². The number of ether oxygens (including phenoxy) is 1. The van der Waals surface area contributed by atoms with E-state index in [9.17, 15) is 14.7 Å². The molecule has 0 aliphatic rings. The van der Waals surface area contributed by atoms with Gasteiger partial charge in [-0.3, -0.25) is 9.59 Å². The SMILES string of the molecule is CCOc1cc(C=NNC(=O)CCCCCNC(=O)c2ccccc2)ccc1O. The molecule has 0 saturated heterocycles. The molecule has 0 aliphatic heterocycles. The molecule has 0 saturated carbocycles. The fraction of sp³-hybridized carbons (Fsp3) is 0.318. The zero-order valence-corrected chi connectivity index (χ0v) is 16.6. The molecule has 2 amide bonds. The van der Waals surface area contributed by atoms with E-state index in [0.29, 0.717) is 36.4 Å². The van der Waals surface area contributed by atoms with Crippen LogP contribution in [-0.2, 0) is 4.79 Å². The molecule has 154 valence electrons. The number of unbranched alkanes of at least 4 members (excludes halogenated alkanes) is 2. The molecule has 0 heterocycles. The molecule has 0 spiro atoms. The molecule has 0 radical (unpaired) electrons. The largest absolute Gasteiger partial charge is 0.504 e. The van der Waals surface area contributed by atoms with Crippen LogP contribution in [0.4, 0.5) is 0 Å². The maximum atomic E-state index is 11.9. The monoisotopic (exact) mass is 397 g/mol. The number of hydrogen-bond acceptors (Lipinski definition) is 5. The number of hydrazone groups is 1. The van der Waals surface area contributed by atoms with Crippen LogP contribution in [0.2, 0.25) is 0 Å². The Morgan fingerprint density at radius 1 is 1.10 bits per heavy atom. The van der Waals surface area contributed by atoms with E-state index in [1.54, 1.807) is 24.3 Å². The van der Waals surface area contributed by atoms with Gasteiger partial charge < -0.3 is 15.2 Å². The molecule has 0 unspecified atom stereocenters. The highest BCUT2D eigenvalue weighted by molar-refractivity contribution is 5.94. The van der Waals surface area contributed by atoms with E-state index in [-0.39, 0.29) is 17.6 Å². The summed E-state index contributed by atoms with van der Waals surface area (Å²) in [5.74, 6) is 0.188. The number of phenols is 1. The van der Waals surface area contributed by atoms with E-state index in [4.69, 9.17) is 4.74 Å². The van der Waals surface area contributed by atoms with Gasteiger partial charge in [-0.2, -0.15) is 5.10 Å². The van der Waals surface area contributed by atoms with E-state index >= 15 is 0 Å². The Hall–Kier alpha value is -3.35. The van der Waals surface area contributed by atoms with Crippen LogP contribution in [0.25, 0.3) is 0 Å². The summed E-state index contributed by atoms with van der Waals surface area (Å²) in [4.78, 5) is 23.7. The zero-order valence-electron chi connectivity index (χ0n) is 16.6. The summed E-state index contributed by atoms with van der Waals surface area (Å²) < 4.78 is 5.30. The molecular formula is C22H27N3O4. The number of aromatic hydroxyl groups is 1. The van der Waals surface area contributed by atoms with Gasteiger partial charge in [0, 0.05) is 18.5 Å². The predicted molar refractivity (Wildman–Crippen MR) is 112 cm³/mol. The first-order chi connectivity index (χ1) is 14.1. The lowest BCUT2D eigenvalue weighted by Crippen LogP contribution is -2.24. The van der Waals surface area contributed by atoms with Gasteiger partial charge in [0.25, 0.3) is 5.91 Å². The van der Waals surface area contributed by atoms with Crippen molar-refractivity contribution >= 4 is 18.0 Å². The summed E-state index contributed by atoms with van der Waals surface area (Å²) in [6, 6.07) is 13.9. The second kappa shape index (κ2) is 12.2. The van der Waals surface area contributed by atoms with Crippen molar-refractivity contribution in [3.63, 3.8) is 0 Å². The van der Waals surface area contributed by atoms with Crippen molar-refractivity contribution in [2.24, 2.45) is 5.10 Å². The van der Waals surface area contributed by atoms with Gasteiger partial charge in [0.1, 0.15) is 0 Å². The van der Waals surface area contributed by atoms with Gasteiger partial charge in [0.05, 0.1) is 12.8 Å². The van der Waals surface area contributed by atoms with Crippen LogP contribution < -0.4 is 15.5 Å².